The van der Waals surface area contributed by atoms with Gasteiger partial charge in [-0.05, 0) is 48.7 Å². The minimum atomic E-state index is -0.0767. The van der Waals surface area contributed by atoms with Gasteiger partial charge in [-0.3, -0.25) is 4.79 Å². The Balaban J connectivity index is 1.22. The van der Waals surface area contributed by atoms with E-state index in [0.29, 0.717) is 24.9 Å². The van der Waals surface area contributed by atoms with Crippen molar-refractivity contribution in [3.8, 4) is 11.4 Å². The van der Waals surface area contributed by atoms with E-state index in [4.69, 9.17) is 4.98 Å². The van der Waals surface area contributed by atoms with E-state index in [0.717, 1.165) is 42.0 Å². The van der Waals surface area contributed by atoms with Gasteiger partial charge in [0.25, 0.3) is 0 Å². The molecule has 0 aliphatic carbocycles. The molecule has 1 saturated heterocycles. The number of piperidine rings is 1. The first-order chi connectivity index (χ1) is 17.1. The molecule has 1 aliphatic heterocycles. The highest BCUT2D eigenvalue weighted by molar-refractivity contribution is 5.79. The van der Waals surface area contributed by atoms with E-state index in [1.807, 2.05) is 30.3 Å². The van der Waals surface area contributed by atoms with Gasteiger partial charge in [-0.1, -0.05) is 42.0 Å². The van der Waals surface area contributed by atoms with Crippen LogP contribution in [0.25, 0.3) is 11.4 Å². The van der Waals surface area contributed by atoms with Crippen LogP contribution in [0.4, 0.5) is 17.5 Å². The zero-order valence-corrected chi connectivity index (χ0v) is 19.5. The largest absolute Gasteiger partial charge is 0.356 e. The molecule has 0 radical (unpaired) electrons. The third kappa shape index (κ3) is 5.60. The molecule has 10 nitrogen and oxygen atoms in total. The number of H-pyrrole nitrogens is 1. The monoisotopic (exact) mass is 469 g/mol. The number of rotatable bonds is 7. The van der Waals surface area contributed by atoms with Crippen LogP contribution in [0.5, 0.6) is 0 Å². The number of carbonyl (C=O) groups excluding carboxylic acids is 1. The summed E-state index contributed by atoms with van der Waals surface area (Å²) in [6.45, 7) is 4.08. The Morgan fingerprint density at radius 2 is 2.06 bits per heavy atom. The Labute approximate surface area is 203 Å². The van der Waals surface area contributed by atoms with Gasteiger partial charge in [0.2, 0.25) is 17.7 Å². The molecule has 0 unspecified atom stereocenters. The summed E-state index contributed by atoms with van der Waals surface area (Å²) >= 11 is 0. The first kappa shape index (κ1) is 22.5. The summed E-state index contributed by atoms with van der Waals surface area (Å²) in [7, 11) is 0. The molecule has 1 atom stereocenters. The van der Waals surface area contributed by atoms with Crippen LogP contribution in [0.15, 0.2) is 60.8 Å². The molecule has 35 heavy (non-hydrogen) atoms. The average molecular weight is 470 g/mol. The molecule has 3 heterocycles. The zero-order valence-electron chi connectivity index (χ0n) is 19.5. The van der Waals surface area contributed by atoms with Crippen LogP contribution in [-0.2, 0) is 11.3 Å². The van der Waals surface area contributed by atoms with Gasteiger partial charge in [0.05, 0.1) is 5.92 Å². The van der Waals surface area contributed by atoms with Gasteiger partial charge in [-0.25, -0.2) is 4.98 Å². The van der Waals surface area contributed by atoms with Crippen molar-refractivity contribution in [2.45, 2.75) is 26.3 Å². The van der Waals surface area contributed by atoms with Gasteiger partial charge in [0.1, 0.15) is 5.82 Å². The predicted octanol–water partition coefficient (Wildman–Crippen LogP) is 3.24. The zero-order chi connectivity index (χ0) is 24.0. The van der Waals surface area contributed by atoms with E-state index in [1.165, 1.54) is 5.56 Å². The van der Waals surface area contributed by atoms with E-state index in [1.54, 1.807) is 6.20 Å². The molecule has 1 aliphatic rings. The van der Waals surface area contributed by atoms with Gasteiger partial charge in [0, 0.05) is 37.1 Å². The Hall–Kier alpha value is -4.34. The molecular formula is C25H27N9O. The highest BCUT2D eigenvalue weighted by atomic mass is 16.1. The van der Waals surface area contributed by atoms with Crippen molar-refractivity contribution in [2.75, 3.05) is 23.3 Å². The third-order valence-electron chi connectivity index (χ3n) is 6.07. The number of carbonyl (C=O) groups is 1. The summed E-state index contributed by atoms with van der Waals surface area (Å²) in [6, 6.07) is 17.8. The normalized spacial score (nSPS) is 15.6. The molecule has 178 valence electrons. The fourth-order valence-corrected chi connectivity index (χ4v) is 4.17. The lowest BCUT2D eigenvalue weighted by molar-refractivity contribution is -0.125. The number of benzene rings is 2. The van der Waals surface area contributed by atoms with Gasteiger partial charge in [-0.2, -0.15) is 10.2 Å². The molecule has 1 amide bonds. The highest BCUT2D eigenvalue weighted by Gasteiger charge is 2.26. The van der Waals surface area contributed by atoms with Gasteiger partial charge < -0.3 is 15.5 Å². The van der Waals surface area contributed by atoms with E-state index in [2.05, 4.69) is 72.3 Å². The van der Waals surface area contributed by atoms with E-state index in [-0.39, 0.29) is 11.8 Å². The molecule has 10 heteroatoms. The van der Waals surface area contributed by atoms with Crippen LogP contribution in [0.2, 0.25) is 0 Å². The summed E-state index contributed by atoms with van der Waals surface area (Å²) in [4.78, 5) is 24.1. The number of hydrogen-bond acceptors (Lipinski definition) is 8. The summed E-state index contributed by atoms with van der Waals surface area (Å²) < 4.78 is 0. The standard InChI is InChI=1S/C25H27N9O/c1-17-7-9-18(10-8-17)15-27-24(35)20-5-3-13-34(16-20)22-11-12-26-25(29-22)28-21-6-2-4-19(14-21)23-30-32-33-31-23/h2,4,6-12,14,20H,3,5,13,15-16H2,1H3,(H,27,35)(H,26,28,29)(H,30,31,32,33)/t20-/m0/s1. The molecule has 2 aromatic heterocycles. The number of tetrazole rings is 1. The third-order valence-corrected chi connectivity index (χ3v) is 6.07. The number of amides is 1. The number of nitrogens with zero attached hydrogens (tertiary/aromatic N) is 6. The van der Waals surface area contributed by atoms with Gasteiger partial charge in [-0.15, -0.1) is 10.2 Å². The number of nitrogens with one attached hydrogen (secondary N) is 3. The minimum absolute atomic E-state index is 0.0767. The summed E-state index contributed by atoms with van der Waals surface area (Å²) in [5.41, 5.74) is 3.96. The molecule has 1 fully saturated rings. The molecule has 4 aromatic rings. The molecule has 0 saturated carbocycles. The van der Waals surface area contributed by atoms with Crippen LogP contribution >= 0.6 is 0 Å². The maximum absolute atomic E-state index is 12.9. The summed E-state index contributed by atoms with van der Waals surface area (Å²) in [5.74, 6) is 1.81. The average Bonchev–Trinajstić information content (AvgIpc) is 3.44. The smallest absolute Gasteiger partial charge is 0.229 e. The molecule has 2 aromatic carbocycles. The second-order valence-electron chi connectivity index (χ2n) is 8.67. The second-order valence-corrected chi connectivity index (χ2v) is 8.67. The van der Waals surface area contributed by atoms with Crippen molar-refractivity contribution in [1.82, 2.24) is 35.9 Å². The molecule has 3 N–H and O–H groups in total. The first-order valence-corrected chi connectivity index (χ1v) is 11.7. The number of anilines is 3. The number of hydrogen-bond donors (Lipinski definition) is 3. The maximum atomic E-state index is 12.9. The highest BCUT2D eigenvalue weighted by Crippen LogP contribution is 2.24. The Bertz CT molecular complexity index is 1270. The number of aryl methyl sites for hydroxylation is 1. The van der Waals surface area contributed by atoms with E-state index < -0.39 is 0 Å². The van der Waals surface area contributed by atoms with Crippen molar-refractivity contribution in [3.05, 3.63) is 71.9 Å². The van der Waals surface area contributed by atoms with Crippen LogP contribution in [0, 0.1) is 12.8 Å². The second kappa shape index (κ2) is 10.3. The lowest BCUT2D eigenvalue weighted by Gasteiger charge is -2.33. The fraction of sp³-hybridized carbons (Fsp3) is 0.280. The van der Waals surface area contributed by atoms with Crippen LogP contribution in [0.1, 0.15) is 24.0 Å². The molecule has 5 rings (SSSR count). The van der Waals surface area contributed by atoms with Crippen LogP contribution < -0.4 is 15.5 Å². The lowest BCUT2D eigenvalue weighted by atomic mass is 9.97. The van der Waals surface area contributed by atoms with Crippen LogP contribution in [0.3, 0.4) is 0 Å². The minimum Gasteiger partial charge on any atom is -0.356 e. The summed E-state index contributed by atoms with van der Waals surface area (Å²) in [5, 5.41) is 20.4. The van der Waals surface area contributed by atoms with Crippen molar-refractivity contribution in [1.29, 1.82) is 0 Å². The van der Waals surface area contributed by atoms with Crippen molar-refractivity contribution in [3.63, 3.8) is 0 Å². The fourth-order valence-electron chi connectivity index (χ4n) is 4.17. The first-order valence-electron chi connectivity index (χ1n) is 11.7. The molecular weight excluding hydrogens is 442 g/mol. The van der Waals surface area contributed by atoms with Crippen molar-refractivity contribution < 1.29 is 4.79 Å². The Morgan fingerprint density at radius 1 is 1.17 bits per heavy atom. The van der Waals surface area contributed by atoms with Crippen molar-refractivity contribution >= 4 is 23.4 Å². The van der Waals surface area contributed by atoms with Crippen LogP contribution in [-0.4, -0.2) is 49.6 Å². The Morgan fingerprint density at radius 3 is 2.89 bits per heavy atom. The van der Waals surface area contributed by atoms with Gasteiger partial charge in [0.15, 0.2) is 0 Å². The van der Waals surface area contributed by atoms with E-state index >= 15 is 0 Å². The van der Waals surface area contributed by atoms with E-state index in [9.17, 15) is 4.79 Å². The number of aromatic amines is 1. The molecule has 0 bridgehead atoms. The quantitative estimate of drug-likeness (QED) is 0.377. The SMILES string of the molecule is Cc1ccc(CNC(=O)[C@H]2CCCN(c3ccnc(Nc4cccc(-c5nn[nH]n5)c4)n3)C2)cc1. The maximum Gasteiger partial charge on any atom is 0.229 e. The molecule has 0 spiro atoms. The number of aromatic nitrogens is 6. The Kier molecular flexibility index (Phi) is 6.60. The lowest BCUT2D eigenvalue weighted by Crippen LogP contribution is -2.43. The predicted molar refractivity (Wildman–Crippen MR) is 133 cm³/mol. The summed E-state index contributed by atoms with van der Waals surface area (Å²) in [6.07, 6.45) is 3.53. The van der Waals surface area contributed by atoms with Gasteiger partial charge >= 0.3 is 0 Å². The topological polar surface area (TPSA) is 125 Å². The van der Waals surface area contributed by atoms with Crippen molar-refractivity contribution in [2.24, 2.45) is 5.92 Å².